The lowest BCUT2D eigenvalue weighted by atomic mass is 10.3. The van der Waals surface area contributed by atoms with Crippen molar-refractivity contribution in [2.24, 2.45) is 0 Å². The van der Waals surface area contributed by atoms with Crippen molar-refractivity contribution in [2.45, 2.75) is 44.6 Å². The number of carbonyl (C=O) groups is 1. The third kappa shape index (κ3) is 3.99. The average Bonchev–Trinajstić information content (AvgIpc) is 2.79. The molecule has 0 aliphatic rings. The zero-order valence-corrected chi connectivity index (χ0v) is 13.8. The summed E-state index contributed by atoms with van der Waals surface area (Å²) in [5.41, 5.74) is 0.345. The van der Waals surface area contributed by atoms with Crippen LogP contribution in [0.1, 0.15) is 50.1 Å². The van der Waals surface area contributed by atoms with E-state index in [9.17, 15) is 13.2 Å². The standard InChI is InChI=1S/C13H21ClN2O3S/c1-5-6-7-15(4)13(17)12-8-11(20(14,18)19)9-16(12)10(2)3/h8-10H,5-7H2,1-4H3. The van der Waals surface area contributed by atoms with Gasteiger partial charge in [0.1, 0.15) is 10.6 Å². The number of rotatable bonds is 6. The predicted octanol–water partition coefficient (Wildman–Crippen LogP) is 2.87. The largest absolute Gasteiger partial charge is 0.340 e. The predicted molar refractivity (Wildman–Crippen MR) is 79.7 cm³/mol. The Kier molecular flexibility index (Phi) is 5.65. The number of hydrogen-bond acceptors (Lipinski definition) is 3. The summed E-state index contributed by atoms with van der Waals surface area (Å²) in [7, 11) is 3.23. The highest BCUT2D eigenvalue weighted by Gasteiger charge is 2.23. The molecule has 0 N–H and O–H groups in total. The fraction of sp³-hybridized carbons (Fsp3) is 0.615. The Bertz CT molecular complexity index is 578. The number of carbonyl (C=O) groups excluding carboxylic acids is 1. The van der Waals surface area contributed by atoms with E-state index in [0.717, 1.165) is 12.8 Å². The van der Waals surface area contributed by atoms with Crippen LogP contribution in [0.2, 0.25) is 0 Å². The highest BCUT2D eigenvalue weighted by atomic mass is 35.7. The third-order valence-electron chi connectivity index (χ3n) is 3.07. The molecule has 114 valence electrons. The first kappa shape index (κ1) is 17.0. The maximum Gasteiger partial charge on any atom is 0.270 e. The van der Waals surface area contributed by atoms with Crippen LogP contribution in [0.5, 0.6) is 0 Å². The second-order valence-corrected chi connectivity index (χ2v) is 7.65. The van der Waals surface area contributed by atoms with Crippen LogP contribution in [0.4, 0.5) is 0 Å². The lowest BCUT2D eigenvalue weighted by molar-refractivity contribution is 0.0781. The first-order chi connectivity index (χ1) is 9.18. The van der Waals surface area contributed by atoms with Crippen molar-refractivity contribution in [1.29, 1.82) is 0 Å². The maximum atomic E-state index is 12.4. The SMILES string of the molecule is CCCCN(C)C(=O)c1cc(S(=O)(=O)Cl)cn1C(C)C. The van der Waals surface area contributed by atoms with Gasteiger partial charge in [-0.1, -0.05) is 13.3 Å². The van der Waals surface area contributed by atoms with Crippen LogP contribution in [0.25, 0.3) is 0 Å². The number of nitrogens with zero attached hydrogens (tertiary/aromatic N) is 2. The monoisotopic (exact) mass is 320 g/mol. The van der Waals surface area contributed by atoms with E-state index in [4.69, 9.17) is 10.7 Å². The highest BCUT2D eigenvalue weighted by molar-refractivity contribution is 8.13. The first-order valence-electron chi connectivity index (χ1n) is 6.60. The van der Waals surface area contributed by atoms with Crippen molar-refractivity contribution in [1.82, 2.24) is 9.47 Å². The summed E-state index contributed by atoms with van der Waals surface area (Å²) in [5.74, 6) is -0.196. The molecule has 0 saturated carbocycles. The van der Waals surface area contributed by atoms with Gasteiger partial charge >= 0.3 is 0 Å². The van der Waals surface area contributed by atoms with Crippen LogP contribution >= 0.6 is 10.7 Å². The van der Waals surface area contributed by atoms with E-state index in [-0.39, 0.29) is 16.8 Å². The molecule has 1 aromatic rings. The van der Waals surface area contributed by atoms with Gasteiger partial charge in [-0.25, -0.2) is 8.42 Å². The Morgan fingerprint density at radius 2 is 2.05 bits per heavy atom. The molecule has 1 heterocycles. The summed E-state index contributed by atoms with van der Waals surface area (Å²) in [6.45, 7) is 6.45. The molecule has 1 aromatic heterocycles. The topological polar surface area (TPSA) is 59.4 Å². The number of halogens is 1. The van der Waals surface area contributed by atoms with E-state index < -0.39 is 9.05 Å². The third-order valence-corrected chi connectivity index (χ3v) is 4.40. The lowest BCUT2D eigenvalue weighted by Crippen LogP contribution is -2.29. The van der Waals surface area contributed by atoms with Crippen molar-refractivity contribution in [3.63, 3.8) is 0 Å². The summed E-state index contributed by atoms with van der Waals surface area (Å²) in [5, 5.41) is 0. The summed E-state index contributed by atoms with van der Waals surface area (Å²) in [6, 6.07) is 1.31. The number of aromatic nitrogens is 1. The van der Waals surface area contributed by atoms with Gasteiger partial charge < -0.3 is 9.47 Å². The van der Waals surface area contributed by atoms with Crippen LogP contribution in [0, 0.1) is 0 Å². The quantitative estimate of drug-likeness (QED) is 0.757. The molecule has 5 nitrogen and oxygen atoms in total. The van der Waals surface area contributed by atoms with Crippen molar-refractivity contribution in [3.05, 3.63) is 18.0 Å². The van der Waals surface area contributed by atoms with E-state index in [1.54, 1.807) is 16.5 Å². The Hall–Kier alpha value is -1.01. The van der Waals surface area contributed by atoms with Gasteiger partial charge in [-0.15, -0.1) is 0 Å². The molecular formula is C13H21ClN2O3S. The van der Waals surface area contributed by atoms with Gasteiger partial charge in [0.05, 0.1) is 0 Å². The molecule has 1 rings (SSSR count). The second-order valence-electron chi connectivity index (χ2n) is 5.08. The molecule has 20 heavy (non-hydrogen) atoms. The molecule has 0 unspecified atom stereocenters. The molecule has 0 atom stereocenters. The Morgan fingerprint density at radius 1 is 1.45 bits per heavy atom. The van der Waals surface area contributed by atoms with Gasteiger partial charge in [-0.2, -0.15) is 0 Å². The van der Waals surface area contributed by atoms with Crippen LogP contribution in [-0.2, 0) is 9.05 Å². The number of amides is 1. The maximum absolute atomic E-state index is 12.4. The fourth-order valence-corrected chi connectivity index (χ4v) is 2.62. The van der Waals surface area contributed by atoms with Gasteiger partial charge in [0.25, 0.3) is 15.0 Å². The minimum Gasteiger partial charge on any atom is -0.340 e. The first-order valence-corrected chi connectivity index (χ1v) is 8.91. The van der Waals surface area contributed by atoms with E-state index in [2.05, 4.69) is 0 Å². The van der Waals surface area contributed by atoms with Crippen molar-refractivity contribution in [3.8, 4) is 0 Å². The fourth-order valence-electron chi connectivity index (χ4n) is 1.88. The molecule has 0 spiro atoms. The van der Waals surface area contributed by atoms with E-state index in [0.29, 0.717) is 12.2 Å². The summed E-state index contributed by atoms with van der Waals surface area (Å²) >= 11 is 0. The molecule has 0 radical (unpaired) electrons. The highest BCUT2D eigenvalue weighted by Crippen LogP contribution is 2.22. The zero-order valence-electron chi connectivity index (χ0n) is 12.3. The molecule has 1 amide bonds. The van der Waals surface area contributed by atoms with Gasteiger partial charge in [0.2, 0.25) is 0 Å². The summed E-state index contributed by atoms with van der Waals surface area (Å²) in [6.07, 6.45) is 3.31. The van der Waals surface area contributed by atoms with E-state index >= 15 is 0 Å². The van der Waals surface area contributed by atoms with E-state index in [1.807, 2.05) is 20.8 Å². The molecule has 0 aliphatic carbocycles. The smallest absolute Gasteiger partial charge is 0.270 e. The van der Waals surface area contributed by atoms with Crippen LogP contribution in [0.15, 0.2) is 17.2 Å². The second kappa shape index (κ2) is 6.63. The Labute approximate surface area is 124 Å². The molecule has 7 heteroatoms. The molecule has 0 saturated heterocycles. The van der Waals surface area contributed by atoms with Crippen LogP contribution < -0.4 is 0 Å². The van der Waals surface area contributed by atoms with Crippen molar-refractivity contribution >= 4 is 25.6 Å². The number of unbranched alkanes of at least 4 members (excludes halogenated alkanes) is 1. The Morgan fingerprint density at radius 3 is 2.50 bits per heavy atom. The molecule has 0 fully saturated rings. The molecule has 0 aliphatic heterocycles. The van der Waals surface area contributed by atoms with Crippen molar-refractivity contribution < 1.29 is 13.2 Å². The number of hydrogen-bond donors (Lipinski definition) is 0. The van der Waals surface area contributed by atoms with Gasteiger partial charge in [0, 0.05) is 36.5 Å². The van der Waals surface area contributed by atoms with Crippen LogP contribution in [-0.4, -0.2) is 37.4 Å². The van der Waals surface area contributed by atoms with Gasteiger partial charge in [0.15, 0.2) is 0 Å². The zero-order chi connectivity index (χ0) is 15.5. The molecule has 0 bridgehead atoms. The van der Waals surface area contributed by atoms with Gasteiger partial charge in [-0.05, 0) is 26.3 Å². The average molecular weight is 321 g/mol. The Balaban J connectivity index is 3.16. The van der Waals surface area contributed by atoms with Crippen molar-refractivity contribution in [2.75, 3.05) is 13.6 Å². The molecule has 0 aromatic carbocycles. The lowest BCUT2D eigenvalue weighted by Gasteiger charge is -2.19. The normalized spacial score (nSPS) is 11.9. The molecular weight excluding hydrogens is 300 g/mol. The van der Waals surface area contributed by atoms with Gasteiger partial charge in [-0.3, -0.25) is 4.79 Å². The minimum atomic E-state index is -3.83. The summed E-state index contributed by atoms with van der Waals surface area (Å²) < 4.78 is 24.5. The summed E-state index contributed by atoms with van der Waals surface area (Å²) in [4.78, 5) is 13.9. The van der Waals surface area contributed by atoms with E-state index in [1.165, 1.54) is 12.3 Å². The van der Waals surface area contributed by atoms with Crippen LogP contribution in [0.3, 0.4) is 0 Å². The minimum absolute atomic E-state index is 0.0271.